The molecule has 0 amide bonds. The van der Waals surface area contributed by atoms with Crippen molar-refractivity contribution in [2.24, 2.45) is 5.92 Å². The van der Waals surface area contributed by atoms with Crippen molar-refractivity contribution >= 4 is 11.6 Å². The summed E-state index contributed by atoms with van der Waals surface area (Å²) in [6.07, 6.45) is 3.60. The van der Waals surface area contributed by atoms with Crippen molar-refractivity contribution in [2.75, 3.05) is 13.2 Å². The van der Waals surface area contributed by atoms with Crippen molar-refractivity contribution in [3.05, 3.63) is 11.3 Å². The first-order valence-corrected chi connectivity index (χ1v) is 5.13. The maximum absolute atomic E-state index is 9.22. The third-order valence-electron chi connectivity index (χ3n) is 2.44. The Bertz CT molecular complexity index is 308. The number of rotatable bonds is 2. The number of aromatic hydroxyl groups is 1. The molecule has 0 bridgehead atoms. The molecule has 1 atom stereocenters. The molecule has 1 saturated heterocycles. The third-order valence-corrected chi connectivity index (χ3v) is 2.83. The highest BCUT2D eigenvalue weighted by atomic mass is 35.5. The molecule has 1 N–H and O–H groups in total. The molecule has 1 aromatic heterocycles. The highest BCUT2D eigenvalue weighted by Gasteiger charge is 2.17. The van der Waals surface area contributed by atoms with Crippen molar-refractivity contribution in [1.29, 1.82) is 0 Å². The van der Waals surface area contributed by atoms with Crippen LogP contribution in [0.3, 0.4) is 0 Å². The van der Waals surface area contributed by atoms with Crippen LogP contribution < -0.4 is 0 Å². The minimum atomic E-state index is 0.0448. The summed E-state index contributed by atoms with van der Waals surface area (Å²) in [4.78, 5) is 0. The second-order valence-electron chi connectivity index (χ2n) is 3.59. The fourth-order valence-electron chi connectivity index (χ4n) is 1.68. The molecular formula is C9H13ClN2O2. The minimum Gasteiger partial charge on any atom is -0.504 e. The van der Waals surface area contributed by atoms with Gasteiger partial charge in [-0.2, -0.15) is 5.10 Å². The molecule has 1 aliphatic heterocycles. The Morgan fingerprint density at radius 3 is 3.14 bits per heavy atom. The van der Waals surface area contributed by atoms with E-state index in [9.17, 15) is 5.11 Å². The summed E-state index contributed by atoms with van der Waals surface area (Å²) in [6, 6.07) is 0. The van der Waals surface area contributed by atoms with E-state index in [4.69, 9.17) is 16.3 Å². The van der Waals surface area contributed by atoms with E-state index in [1.165, 1.54) is 6.20 Å². The standard InChI is InChI=1S/C9H13ClN2O2/c10-9-8(13)4-11-12(9)5-7-2-1-3-14-6-7/h4,7,13H,1-3,5-6H2. The summed E-state index contributed by atoms with van der Waals surface area (Å²) in [7, 11) is 0. The third kappa shape index (κ3) is 2.01. The van der Waals surface area contributed by atoms with E-state index >= 15 is 0 Å². The Hall–Kier alpha value is -0.740. The molecule has 0 saturated carbocycles. The topological polar surface area (TPSA) is 47.3 Å². The highest BCUT2D eigenvalue weighted by molar-refractivity contribution is 6.30. The predicted molar refractivity (Wildman–Crippen MR) is 52.4 cm³/mol. The maximum atomic E-state index is 9.22. The van der Waals surface area contributed by atoms with Gasteiger partial charge in [0.25, 0.3) is 0 Å². The van der Waals surface area contributed by atoms with Gasteiger partial charge >= 0.3 is 0 Å². The second-order valence-corrected chi connectivity index (χ2v) is 3.94. The quantitative estimate of drug-likeness (QED) is 0.818. The van der Waals surface area contributed by atoms with Gasteiger partial charge in [0.2, 0.25) is 0 Å². The summed E-state index contributed by atoms with van der Waals surface area (Å²) in [5.74, 6) is 0.504. The molecule has 0 spiro atoms. The first-order valence-electron chi connectivity index (χ1n) is 4.75. The molecule has 1 fully saturated rings. The number of halogens is 1. The largest absolute Gasteiger partial charge is 0.504 e. The van der Waals surface area contributed by atoms with E-state index in [1.807, 2.05) is 0 Å². The first kappa shape index (κ1) is 9.80. The van der Waals surface area contributed by atoms with E-state index in [0.29, 0.717) is 11.1 Å². The lowest BCUT2D eigenvalue weighted by atomic mass is 10.0. The van der Waals surface area contributed by atoms with E-state index in [0.717, 1.165) is 32.6 Å². The van der Waals surface area contributed by atoms with Gasteiger partial charge in [0.1, 0.15) is 0 Å². The molecule has 1 aliphatic rings. The fourth-order valence-corrected chi connectivity index (χ4v) is 1.85. The summed E-state index contributed by atoms with van der Waals surface area (Å²) in [5, 5.41) is 13.5. The minimum absolute atomic E-state index is 0.0448. The van der Waals surface area contributed by atoms with Gasteiger partial charge in [0, 0.05) is 19.1 Å². The average Bonchev–Trinajstić information content (AvgIpc) is 2.52. The van der Waals surface area contributed by atoms with Crippen LogP contribution in [0.4, 0.5) is 0 Å². The molecule has 0 radical (unpaired) electrons. The first-order chi connectivity index (χ1) is 6.77. The van der Waals surface area contributed by atoms with Gasteiger partial charge in [0.05, 0.1) is 12.8 Å². The lowest BCUT2D eigenvalue weighted by molar-refractivity contribution is 0.0470. The molecule has 1 aromatic rings. The van der Waals surface area contributed by atoms with E-state index < -0.39 is 0 Å². The molecule has 1 unspecified atom stereocenters. The number of hydrogen-bond acceptors (Lipinski definition) is 3. The van der Waals surface area contributed by atoms with Gasteiger partial charge in [-0.15, -0.1) is 0 Å². The maximum Gasteiger partial charge on any atom is 0.172 e. The molecule has 2 heterocycles. The van der Waals surface area contributed by atoms with Crippen LogP contribution in [0.5, 0.6) is 5.75 Å². The number of ether oxygens (including phenoxy) is 1. The molecule has 0 aliphatic carbocycles. The number of nitrogens with zero attached hydrogens (tertiary/aromatic N) is 2. The zero-order valence-corrected chi connectivity index (χ0v) is 8.57. The summed E-state index contributed by atoms with van der Waals surface area (Å²) in [5.41, 5.74) is 0. The van der Waals surface area contributed by atoms with Crippen LogP contribution in [0.25, 0.3) is 0 Å². The van der Waals surface area contributed by atoms with E-state index in [1.54, 1.807) is 4.68 Å². The summed E-state index contributed by atoms with van der Waals surface area (Å²) in [6.45, 7) is 2.34. The van der Waals surface area contributed by atoms with Crippen molar-refractivity contribution < 1.29 is 9.84 Å². The van der Waals surface area contributed by atoms with Gasteiger partial charge in [-0.1, -0.05) is 11.6 Å². The van der Waals surface area contributed by atoms with Crippen LogP contribution in [0.2, 0.25) is 5.15 Å². The lowest BCUT2D eigenvalue weighted by Gasteiger charge is -2.21. The molecule has 5 heteroatoms. The van der Waals surface area contributed by atoms with Crippen molar-refractivity contribution in [3.8, 4) is 5.75 Å². The van der Waals surface area contributed by atoms with Crippen LogP contribution >= 0.6 is 11.6 Å². The van der Waals surface area contributed by atoms with Crippen LogP contribution in [0.1, 0.15) is 12.8 Å². The monoisotopic (exact) mass is 216 g/mol. The zero-order chi connectivity index (χ0) is 9.97. The van der Waals surface area contributed by atoms with Crippen molar-refractivity contribution in [2.45, 2.75) is 19.4 Å². The molecular weight excluding hydrogens is 204 g/mol. The Labute approximate surface area is 87.4 Å². The summed E-state index contributed by atoms with van der Waals surface area (Å²) >= 11 is 5.84. The molecule has 0 aromatic carbocycles. The van der Waals surface area contributed by atoms with Crippen LogP contribution in [-0.4, -0.2) is 28.1 Å². The van der Waals surface area contributed by atoms with Gasteiger partial charge in [0.15, 0.2) is 10.9 Å². The van der Waals surface area contributed by atoms with Crippen LogP contribution in [0.15, 0.2) is 6.20 Å². The number of aromatic nitrogens is 2. The van der Waals surface area contributed by atoms with Crippen LogP contribution in [-0.2, 0) is 11.3 Å². The Balaban J connectivity index is 1.99. The Morgan fingerprint density at radius 1 is 1.71 bits per heavy atom. The van der Waals surface area contributed by atoms with Crippen LogP contribution in [0, 0.1) is 5.92 Å². The van der Waals surface area contributed by atoms with E-state index in [2.05, 4.69) is 5.10 Å². The summed E-state index contributed by atoms with van der Waals surface area (Å²) < 4.78 is 6.98. The van der Waals surface area contributed by atoms with Gasteiger partial charge in [-0.25, -0.2) is 0 Å². The molecule has 2 rings (SSSR count). The number of hydrogen-bond donors (Lipinski definition) is 1. The molecule has 78 valence electrons. The van der Waals surface area contributed by atoms with E-state index in [-0.39, 0.29) is 5.75 Å². The SMILES string of the molecule is Oc1cnn(CC2CCCOC2)c1Cl. The van der Waals surface area contributed by atoms with Gasteiger partial charge in [-0.3, -0.25) is 4.68 Å². The van der Waals surface area contributed by atoms with Crippen molar-refractivity contribution in [3.63, 3.8) is 0 Å². The highest BCUT2D eigenvalue weighted by Crippen LogP contribution is 2.24. The predicted octanol–water partition coefficient (Wildman–Crippen LogP) is 1.67. The average molecular weight is 217 g/mol. The van der Waals surface area contributed by atoms with Gasteiger partial charge in [-0.05, 0) is 12.8 Å². The second kappa shape index (κ2) is 4.19. The lowest BCUT2D eigenvalue weighted by Crippen LogP contribution is -2.22. The molecule has 4 nitrogen and oxygen atoms in total. The van der Waals surface area contributed by atoms with Crippen molar-refractivity contribution in [1.82, 2.24) is 9.78 Å². The Kier molecular flexibility index (Phi) is 2.93. The fraction of sp³-hybridized carbons (Fsp3) is 0.667. The Morgan fingerprint density at radius 2 is 2.57 bits per heavy atom. The smallest absolute Gasteiger partial charge is 0.172 e. The van der Waals surface area contributed by atoms with Gasteiger partial charge < -0.3 is 9.84 Å². The normalized spacial score (nSPS) is 22.5. The zero-order valence-electron chi connectivity index (χ0n) is 7.82. The molecule has 14 heavy (non-hydrogen) atoms.